The molecule has 1 rings (SSSR count). The number of hydrogen-bond acceptors (Lipinski definition) is 3. The second-order valence-corrected chi connectivity index (χ2v) is 4.65. The van der Waals surface area contributed by atoms with Crippen LogP contribution in [0.2, 0.25) is 0 Å². The number of hydrogen-bond donors (Lipinski definition) is 1. The third kappa shape index (κ3) is 3.68. The minimum Gasteiger partial charge on any atom is -0.349 e. The van der Waals surface area contributed by atoms with Gasteiger partial charge >= 0.3 is 0 Å². The fourth-order valence-electron chi connectivity index (χ4n) is 1.65. The highest BCUT2D eigenvalue weighted by Crippen LogP contribution is 2.04. The lowest BCUT2D eigenvalue weighted by atomic mass is 10.1. The number of aromatic amines is 1. The molecule has 1 heterocycles. The zero-order chi connectivity index (χ0) is 13.7. The molecule has 0 radical (unpaired) electrons. The first-order chi connectivity index (χ1) is 8.45. The van der Waals surface area contributed by atoms with Crippen LogP contribution in [0.1, 0.15) is 36.8 Å². The number of aryl methyl sites for hydroxylation is 2. The first-order valence-corrected chi connectivity index (χ1v) is 6.24. The van der Waals surface area contributed by atoms with Crippen molar-refractivity contribution in [3.05, 3.63) is 27.4 Å². The van der Waals surface area contributed by atoms with Crippen molar-refractivity contribution >= 4 is 5.91 Å². The molecular formula is C13H21N3O2. The van der Waals surface area contributed by atoms with Crippen molar-refractivity contribution in [2.45, 2.75) is 39.5 Å². The number of nitrogens with one attached hydrogen (secondary N) is 1. The SMILES string of the molecule is CCCCc1nc(C)c(CC(=O)N(C)C)c(=O)[nH]1. The smallest absolute Gasteiger partial charge is 0.254 e. The Bertz CT molecular complexity index is 478. The molecule has 0 fully saturated rings. The van der Waals surface area contributed by atoms with E-state index >= 15 is 0 Å². The van der Waals surface area contributed by atoms with Crippen molar-refractivity contribution in [2.24, 2.45) is 0 Å². The number of amides is 1. The average Bonchev–Trinajstić information content (AvgIpc) is 2.30. The molecule has 18 heavy (non-hydrogen) atoms. The summed E-state index contributed by atoms with van der Waals surface area (Å²) in [4.78, 5) is 32.1. The van der Waals surface area contributed by atoms with Crippen LogP contribution in [0.5, 0.6) is 0 Å². The molecule has 1 aromatic heterocycles. The summed E-state index contributed by atoms with van der Waals surface area (Å²) in [5, 5.41) is 0. The van der Waals surface area contributed by atoms with Gasteiger partial charge < -0.3 is 9.88 Å². The number of carbonyl (C=O) groups excluding carboxylic acids is 1. The Morgan fingerprint density at radius 3 is 2.56 bits per heavy atom. The maximum absolute atomic E-state index is 11.9. The Hall–Kier alpha value is -1.65. The highest BCUT2D eigenvalue weighted by molar-refractivity contribution is 5.78. The zero-order valence-electron chi connectivity index (χ0n) is 11.5. The van der Waals surface area contributed by atoms with Gasteiger partial charge in [0.2, 0.25) is 5.91 Å². The fourth-order valence-corrected chi connectivity index (χ4v) is 1.65. The zero-order valence-corrected chi connectivity index (χ0v) is 11.5. The van der Waals surface area contributed by atoms with Crippen LogP contribution in [0.3, 0.4) is 0 Å². The van der Waals surface area contributed by atoms with Gasteiger partial charge in [-0.3, -0.25) is 9.59 Å². The number of aromatic nitrogens is 2. The standard InChI is InChI=1S/C13H21N3O2/c1-5-6-7-11-14-9(2)10(13(18)15-11)8-12(17)16(3)4/h5-8H2,1-4H3,(H,14,15,18). The van der Waals surface area contributed by atoms with Crippen LogP contribution in [0.25, 0.3) is 0 Å². The van der Waals surface area contributed by atoms with Gasteiger partial charge in [0, 0.05) is 31.8 Å². The van der Waals surface area contributed by atoms with Crippen LogP contribution in [-0.4, -0.2) is 34.9 Å². The number of likely N-dealkylation sites (N-methyl/N-ethyl adjacent to an activating group) is 1. The third-order valence-corrected chi connectivity index (χ3v) is 2.87. The van der Waals surface area contributed by atoms with Gasteiger partial charge in [-0.05, 0) is 13.3 Å². The van der Waals surface area contributed by atoms with Crippen LogP contribution in [0.4, 0.5) is 0 Å². The maximum atomic E-state index is 11.9. The molecule has 0 aliphatic heterocycles. The van der Waals surface area contributed by atoms with Gasteiger partial charge in [0.05, 0.1) is 6.42 Å². The van der Waals surface area contributed by atoms with Crippen LogP contribution < -0.4 is 5.56 Å². The summed E-state index contributed by atoms with van der Waals surface area (Å²) in [6.07, 6.45) is 2.94. The first-order valence-electron chi connectivity index (χ1n) is 6.24. The van der Waals surface area contributed by atoms with Crippen LogP contribution >= 0.6 is 0 Å². The Morgan fingerprint density at radius 1 is 1.39 bits per heavy atom. The number of carbonyl (C=O) groups is 1. The van der Waals surface area contributed by atoms with Gasteiger partial charge in [-0.2, -0.15) is 0 Å². The summed E-state index contributed by atoms with van der Waals surface area (Å²) >= 11 is 0. The maximum Gasteiger partial charge on any atom is 0.254 e. The monoisotopic (exact) mass is 251 g/mol. The predicted octanol–water partition coefficient (Wildman–Crippen LogP) is 1.05. The molecule has 1 amide bonds. The topological polar surface area (TPSA) is 66.1 Å². The molecule has 0 atom stereocenters. The van der Waals surface area contributed by atoms with E-state index in [0.29, 0.717) is 17.1 Å². The number of unbranched alkanes of at least 4 members (excludes halogenated alkanes) is 1. The van der Waals surface area contributed by atoms with Crippen molar-refractivity contribution in [2.75, 3.05) is 14.1 Å². The number of H-pyrrole nitrogens is 1. The lowest BCUT2D eigenvalue weighted by Crippen LogP contribution is -2.28. The van der Waals surface area contributed by atoms with E-state index in [1.54, 1.807) is 21.0 Å². The number of nitrogens with zero attached hydrogens (tertiary/aromatic N) is 2. The van der Waals surface area contributed by atoms with E-state index in [-0.39, 0.29) is 17.9 Å². The third-order valence-electron chi connectivity index (χ3n) is 2.87. The van der Waals surface area contributed by atoms with Gasteiger partial charge in [-0.15, -0.1) is 0 Å². The summed E-state index contributed by atoms with van der Waals surface area (Å²) < 4.78 is 0. The van der Waals surface area contributed by atoms with Crippen molar-refractivity contribution in [3.8, 4) is 0 Å². The van der Waals surface area contributed by atoms with Gasteiger partial charge in [0.15, 0.2) is 0 Å². The second kappa shape index (κ2) is 6.33. The highest BCUT2D eigenvalue weighted by atomic mass is 16.2. The quantitative estimate of drug-likeness (QED) is 0.850. The van der Waals surface area contributed by atoms with Crippen molar-refractivity contribution in [3.63, 3.8) is 0 Å². The normalized spacial score (nSPS) is 10.4. The minimum absolute atomic E-state index is 0.0910. The van der Waals surface area contributed by atoms with E-state index in [4.69, 9.17) is 0 Å². The lowest BCUT2D eigenvalue weighted by Gasteiger charge is -2.11. The van der Waals surface area contributed by atoms with Crippen LogP contribution in [0.15, 0.2) is 4.79 Å². The van der Waals surface area contributed by atoms with Crippen molar-refractivity contribution in [1.29, 1.82) is 0 Å². The first kappa shape index (κ1) is 14.4. The Balaban J connectivity index is 2.94. The molecule has 5 heteroatoms. The average molecular weight is 251 g/mol. The summed E-state index contributed by atoms with van der Waals surface area (Å²) in [5.74, 6) is 0.618. The van der Waals surface area contributed by atoms with Crippen LogP contribution in [0, 0.1) is 6.92 Å². The Kier molecular flexibility index (Phi) is 5.07. The van der Waals surface area contributed by atoms with Crippen LogP contribution in [-0.2, 0) is 17.6 Å². The molecule has 0 aromatic carbocycles. The Morgan fingerprint density at radius 2 is 2.06 bits per heavy atom. The molecule has 0 aliphatic carbocycles. The minimum atomic E-state index is -0.191. The molecule has 0 unspecified atom stereocenters. The van der Waals surface area contributed by atoms with Gasteiger partial charge in [0.1, 0.15) is 5.82 Å². The van der Waals surface area contributed by atoms with E-state index in [0.717, 1.165) is 19.3 Å². The summed E-state index contributed by atoms with van der Waals surface area (Å²) in [6, 6.07) is 0. The van der Waals surface area contributed by atoms with E-state index in [2.05, 4.69) is 16.9 Å². The molecule has 5 nitrogen and oxygen atoms in total. The van der Waals surface area contributed by atoms with E-state index in [1.807, 2.05) is 0 Å². The van der Waals surface area contributed by atoms with E-state index < -0.39 is 0 Å². The van der Waals surface area contributed by atoms with E-state index in [1.165, 1.54) is 4.90 Å². The molecular weight excluding hydrogens is 230 g/mol. The molecule has 0 aliphatic rings. The molecule has 100 valence electrons. The lowest BCUT2D eigenvalue weighted by molar-refractivity contribution is -0.128. The van der Waals surface area contributed by atoms with Gasteiger partial charge in [-0.1, -0.05) is 13.3 Å². The number of rotatable bonds is 5. The molecule has 0 saturated carbocycles. The van der Waals surface area contributed by atoms with Gasteiger partial charge in [0.25, 0.3) is 5.56 Å². The largest absolute Gasteiger partial charge is 0.349 e. The molecule has 1 aromatic rings. The molecule has 0 spiro atoms. The summed E-state index contributed by atoms with van der Waals surface area (Å²) in [5.41, 5.74) is 0.929. The molecule has 1 N–H and O–H groups in total. The summed E-state index contributed by atoms with van der Waals surface area (Å²) in [7, 11) is 3.35. The van der Waals surface area contributed by atoms with Crippen molar-refractivity contribution < 1.29 is 4.79 Å². The fraction of sp³-hybridized carbons (Fsp3) is 0.615. The molecule has 0 bridgehead atoms. The van der Waals surface area contributed by atoms with Gasteiger partial charge in [-0.25, -0.2) is 4.98 Å². The second-order valence-electron chi connectivity index (χ2n) is 4.65. The predicted molar refractivity (Wildman–Crippen MR) is 70.6 cm³/mol. The molecule has 0 saturated heterocycles. The summed E-state index contributed by atoms with van der Waals surface area (Å²) in [6.45, 7) is 3.87. The van der Waals surface area contributed by atoms with Crippen molar-refractivity contribution in [1.82, 2.24) is 14.9 Å². The Labute approximate surface area is 107 Å². The highest BCUT2D eigenvalue weighted by Gasteiger charge is 2.13. The van der Waals surface area contributed by atoms with E-state index in [9.17, 15) is 9.59 Å².